The van der Waals surface area contributed by atoms with Crippen molar-refractivity contribution in [2.75, 3.05) is 17.1 Å². The number of hydrogen-bond acceptors (Lipinski definition) is 4. The van der Waals surface area contributed by atoms with Crippen molar-refractivity contribution in [3.63, 3.8) is 0 Å². The molecule has 0 aliphatic rings. The molecule has 0 bridgehead atoms. The first-order valence-electron chi connectivity index (χ1n) is 12.2. The maximum atomic E-state index is 13.8. The number of rotatable bonds is 11. The lowest BCUT2D eigenvalue weighted by Crippen LogP contribution is -2.53. The largest absolute Gasteiger partial charge is 0.352 e. The molecule has 2 atom stereocenters. The molecule has 7 nitrogen and oxygen atoms in total. The molecular formula is C28H35N3O4S. The van der Waals surface area contributed by atoms with Gasteiger partial charge in [-0.3, -0.25) is 13.9 Å². The van der Waals surface area contributed by atoms with E-state index in [9.17, 15) is 18.0 Å². The van der Waals surface area contributed by atoms with E-state index in [2.05, 4.69) is 5.32 Å². The van der Waals surface area contributed by atoms with Crippen LogP contribution in [0.15, 0.2) is 72.8 Å². The second kappa shape index (κ2) is 12.0. The summed E-state index contributed by atoms with van der Waals surface area (Å²) in [5.74, 6) is -0.685. The molecule has 3 rings (SSSR count). The fourth-order valence-corrected chi connectivity index (χ4v) is 5.02. The van der Waals surface area contributed by atoms with Crippen molar-refractivity contribution < 1.29 is 18.0 Å². The molecule has 192 valence electrons. The van der Waals surface area contributed by atoms with E-state index in [0.29, 0.717) is 12.1 Å². The second-order valence-corrected chi connectivity index (χ2v) is 10.9. The highest BCUT2D eigenvalue weighted by atomic mass is 32.2. The van der Waals surface area contributed by atoms with Gasteiger partial charge in [0.05, 0.1) is 11.9 Å². The summed E-state index contributed by atoms with van der Waals surface area (Å²) >= 11 is 0. The number of benzene rings is 3. The predicted octanol–water partition coefficient (Wildman–Crippen LogP) is 4.33. The van der Waals surface area contributed by atoms with Crippen molar-refractivity contribution in [3.05, 3.63) is 78.4 Å². The van der Waals surface area contributed by atoms with E-state index in [4.69, 9.17) is 0 Å². The topological polar surface area (TPSA) is 86.8 Å². The van der Waals surface area contributed by atoms with Crippen LogP contribution < -0.4 is 9.62 Å². The van der Waals surface area contributed by atoms with Gasteiger partial charge in [-0.15, -0.1) is 0 Å². The van der Waals surface area contributed by atoms with E-state index in [1.165, 1.54) is 4.90 Å². The van der Waals surface area contributed by atoms with Crippen molar-refractivity contribution >= 4 is 38.3 Å². The molecule has 36 heavy (non-hydrogen) atoms. The fourth-order valence-electron chi connectivity index (χ4n) is 4.16. The van der Waals surface area contributed by atoms with Gasteiger partial charge in [0.25, 0.3) is 0 Å². The minimum absolute atomic E-state index is 0.0385. The zero-order valence-electron chi connectivity index (χ0n) is 21.3. The number of anilines is 1. The number of carbonyl (C=O) groups is 2. The molecule has 0 aromatic heterocycles. The van der Waals surface area contributed by atoms with E-state index >= 15 is 0 Å². The number of nitrogens with zero attached hydrogens (tertiary/aromatic N) is 2. The van der Waals surface area contributed by atoms with E-state index < -0.39 is 28.5 Å². The molecule has 3 aromatic rings. The van der Waals surface area contributed by atoms with Gasteiger partial charge in [0.1, 0.15) is 12.6 Å². The Morgan fingerprint density at radius 1 is 0.889 bits per heavy atom. The SMILES string of the molecule is CC[C@H](C)NC(=O)[C@H](CC)N(Cc1ccccc1)C(=O)CN(c1cccc2ccccc12)S(C)(=O)=O. The molecule has 0 heterocycles. The molecule has 3 aromatic carbocycles. The molecule has 0 radical (unpaired) electrons. The Labute approximate surface area is 214 Å². The van der Waals surface area contributed by atoms with Gasteiger partial charge < -0.3 is 10.2 Å². The Kier molecular flexibility index (Phi) is 9.09. The molecule has 2 amide bonds. The van der Waals surface area contributed by atoms with Gasteiger partial charge in [0.15, 0.2) is 0 Å². The first-order chi connectivity index (χ1) is 17.2. The Bertz CT molecular complexity index is 1290. The van der Waals surface area contributed by atoms with E-state index in [1.54, 1.807) is 12.1 Å². The zero-order valence-corrected chi connectivity index (χ0v) is 22.2. The second-order valence-electron chi connectivity index (χ2n) is 9.02. The summed E-state index contributed by atoms with van der Waals surface area (Å²) in [7, 11) is -3.80. The van der Waals surface area contributed by atoms with Gasteiger partial charge in [-0.05, 0) is 36.8 Å². The Morgan fingerprint density at radius 3 is 2.17 bits per heavy atom. The van der Waals surface area contributed by atoms with Crippen molar-refractivity contribution in [3.8, 4) is 0 Å². The average Bonchev–Trinajstić information content (AvgIpc) is 2.86. The lowest BCUT2D eigenvalue weighted by atomic mass is 10.1. The van der Waals surface area contributed by atoms with Crippen LogP contribution in [0.2, 0.25) is 0 Å². The van der Waals surface area contributed by atoms with Crippen LogP contribution in [0.1, 0.15) is 39.2 Å². The summed E-state index contributed by atoms with van der Waals surface area (Å²) in [6.07, 6.45) is 2.25. The number of nitrogens with one attached hydrogen (secondary N) is 1. The van der Waals surface area contributed by atoms with Gasteiger partial charge in [-0.1, -0.05) is 80.6 Å². The first-order valence-corrected chi connectivity index (χ1v) is 14.1. The Balaban J connectivity index is 2.01. The normalized spacial score (nSPS) is 13.1. The van der Waals surface area contributed by atoms with E-state index in [1.807, 2.05) is 81.4 Å². The van der Waals surface area contributed by atoms with Crippen LogP contribution in [0.25, 0.3) is 10.8 Å². The van der Waals surface area contributed by atoms with Gasteiger partial charge in [0.2, 0.25) is 21.8 Å². The third-order valence-electron chi connectivity index (χ3n) is 6.30. The first kappa shape index (κ1) is 27.2. The monoisotopic (exact) mass is 509 g/mol. The van der Waals surface area contributed by atoms with Crippen molar-refractivity contribution in [1.29, 1.82) is 0 Å². The smallest absolute Gasteiger partial charge is 0.244 e. The van der Waals surface area contributed by atoms with Gasteiger partial charge in [0, 0.05) is 18.0 Å². The number of carbonyl (C=O) groups excluding carboxylic acids is 2. The summed E-state index contributed by atoms with van der Waals surface area (Å²) < 4.78 is 27.0. The Morgan fingerprint density at radius 2 is 1.53 bits per heavy atom. The molecular weight excluding hydrogens is 474 g/mol. The molecule has 0 unspecified atom stereocenters. The number of fused-ring (bicyclic) bond motifs is 1. The quantitative estimate of drug-likeness (QED) is 0.417. The maximum Gasteiger partial charge on any atom is 0.244 e. The lowest BCUT2D eigenvalue weighted by Gasteiger charge is -2.33. The molecule has 1 N–H and O–H groups in total. The van der Waals surface area contributed by atoms with Gasteiger partial charge in [-0.25, -0.2) is 8.42 Å². The van der Waals surface area contributed by atoms with Crippen LogP contribution in [0, 0.1) is 0 Å². The van der Waals surface area contributed by atoms with Crippen LogP contribution in [0.3, 0.4) is 0 Å². The zero-order chi connectivity index (χ0) is 26.3. The third-order valence-corrected chi connectivity index (χ3v) is 7.42. The summed E-state index contributed by atoms with van der Waals surface area (Å²) in [5, 5.41) is 4.58. The molecule has 0 fully saturated rings. The van der Waals surface area contributed by atoms with Crippen molar-refractivity contribution in [2.45, 2.75) is 52.2 Å². The number of sulfonamides is 1. The maximum absolute atomic E-state index is 13.8. The third kappa shape index (κ3) is 6.63. The molecule has 0 saturated carbocycles. The van der Waals surface area contributed by atoms with Crippen LogP contribution in [0.5, 0.6) is 0 Å². The standard InChI is InChI=1S/C28H35N3O4S/c1-5-21(3)29-28(33)25(6-2)30(19-22-13-8-7-9-14-22)27(32)20-31(36(4,34)35)26-18-12-16-23-15-10-11-17-24(23)26/h7-18,21,25H,5-6,19-20H2,1-4H3,(H,29,33)/t21-,25-/m0/s1. The lowest BCUT2D eigenvalue weighted by molar-refractivity contribution is -0.140. The molecule has 8 heteroatoms. The highest BCUT2D eigenvalue weighted by Crippen LogP contribution is 2.28. The predicted molar refractivity (Wildman–Crippen MR) is 145 cm³/mol. The van der Waals surface area contributed by atoms with Gasteiger partial charge in [-0.2, -0.15) is 0 Å². The molecule has 0 aliphatic heterocycles. The van der Waals surface area contributed by atoms with Crippen LogP contribution in [-0.4, -0.2) is 50.0 Å². The number of hydrogen-bond donors (Lipinski definition) is 1. The van der Waals surface area contributed by atoms with Crippen LogP contribution >= 0.6 is 0 Å². The molecule has 0 aliphatic carbocycles. The summed E-state index contributed by atoms with van der Waals surface area (Å²) in [6.45, 7) is 5.53. The summed E-state index contributed by atoms with van der Waals surface area (Å²) in [5.41, 5.74) is 1.29. The summed E-state index contributed by atoms with van der Waals surface area (Å²) in [4.78, 5) is 28.5. The molecule has 0 saturated heterocycles. The minimum Gasteiger partial charge on any atom is -0.352 e. The highest BCUT2D eigenvalue weighted by molar-refractivity contribution is 7.92. The van der Waals surface area contributed by atoms with Gasteiger partial charge >= 0.3 is 0 Å². The van der Waals surface area contributed by atoms with Crippen LogP contribution in [-0.2, 0) is 26.2 Å². The Hall–Kier alpha value is -3.39. The van der Waals surface area contributed by atoms with E-state index in [0.717, 1.165) is 33.3 Å². The van der Waals surface area contributed by atoms with Crippen molar-refractivity contribution in [2.24, 2.45) is 0 Å². The highest BCUT2D eigenvalue weighted by Gasteiger charge is 2.32. The average molecular weight is 510 g/mol. The summed E-state index contributed by atoms with van der Waals surface area (Å²) in [6, 6.07) is 21.5. The van der Waals surface area contributed by atoms with Crippen molar-refractivity contribution in [1.82, 2.24) is 10.2 Å². The molecule has 0 spiro atoms. The number of amides is 2. The minimum atomic E-state index is -3.80. The van der Waals surface area contributed by atoms with Crippen LogP contribution in [0.4, 0.5) is 5.69 Å². The fraction of sp³-hybridized carbons (Fsp3) is 0.357. The van der Waals surface area contributed by atoms with E-state index in [-0.39, 0.29) is 18.5 Å².